The Morgan fingerprint density at radius 2 is 1.86 bits per heavy atom. The molecule has 1 aromatic heterocycles. The molecule has 7 heteroatoms. The molecule has 0 unspecified atom stereocenters. The van der Waals surface area contributed by atoms with Crippen LogP contribution in [0.3, 0.4) is 0 Å². The predicted molar refractivity (Wildman–Crippen MR) is 112 cm³/mol. The molecule has 1 N–H and O–H groups in total. The third-order valence-electron chi connectivity index (χ3n) is 4.59. The summed E-state index contributed by atoms with van der Waals surface area (Å²) >= 11 is 0. The van der Waals surface area contributed by atoms with E-state index in [1.807, 2.05) is 6.92 Å². The minimum atomic E-state index is -0.356. The molecule has 0 saturated heterocycles. The normalized spacial score (nSPS) is 11.6. The second kappa shape index (κ2) is 8.77. The van der Waals surface area contributed by atoms with Crippen molar-refractivity contribution in [2.45, 2.75) is 26.7 Å². The zero-order chi connectivity index (χ0) is 21.0. The summed E-state index contributed by atoms with van der Waals surface area (Å²) in [6, 6.07) is 11.1. The lowest BCUT2D eigenvalue weighted by atomic mass is 10.1. The standard InChI is InChI=1S/C22H24FN3O3/c1-5-6-18-21(22(27)26(25-18)16-9-7-15(23)8-10-16)14(2)24-19-13-17(28-3)11-12-20(19)29-4/h7-13,25H,5-6H2,1-4H3. The van der Waals surface area contributed by atoms with Crippen LogP contribution in [-0.4, -0.2) is 29.7 Å². The number of aryl methyl sites for hydroxylation is 1. The topological polar surface area (TPSA) is 68.6 Å². The number of H-pyrrole nitrogens is 1. The van der Waals surface area contributed by atoms with E-state index in [-0.39, 0.29) is 11.4 Å². The molecule has 0 aliphatic carbocycles. The largest absolute Gasteiger partial charge is 0.497 e. The zero-order valence-electron chi connectivity index (χ0n) is 17.0. The molecule has 152 valence electrons. The maximum Gasteiger partial charge on any atom is 0.280 e. The highest BCUT2D eigenvalue weighted by atomic mass is 19.1. The van der Waals surface area contributed by atoms with Crippen molar-refractivity contribution in [2.75, 3.05) is 14.2 Å². The second-order valence-corrected chi connectivity index (χ2v) is 6.57. The Balaban J connectivity index is 2.13. The lowest BCUT2D eigenvalue weighted by Crippen LogP contribution is -2.19. The number of nitrogens with zero attached hydrogens (tertiary/aromatic N) is 2. The Kier molecular flexibility index (Phi) is 6.16. The van der Waals surface area contributed by atoms with Gasteiger partial charge in [-0.3, -0.25) is 9.89 Å². The summed E-state index contributed by atoms with van der Waals surface area (Å²) < 4.78 is 25.3. The number of hydrogen-bond donors (Lipinski definition) is 1. The first-order chi connectivity index (χ1) is 14.0. The average Bonchev–Trinajstić information content (AvgIpc) is 3.04. The van der Waals surface area contributed by atoms with Gasteiger partial charge in [-0.2, -0.15) is 0 Å². The number of hydrogen-bond acceptors (Lipinski definition) is 4. The number of rotatable bonds is 7. The monoisotopic (exact) mass is 397 g/mol. The Bertz CT molecular complexity index is 1080. The van der Waals surface area contributed by atoms with Crippen LogP contribution < -0.4 is 15.0 Å². The molecule has 2 aromatic carbocycles. The Labute approximate surface area is 168 Å². The van der Waals surface area contributed by atoms with Crippen LogP contribution in [0, 0.1) is 5.82 Å². The molecule has 1 heterocycles. The molecule has 0 spiro atoms. The highest BCUT2D eigenvalue weighted by molar-refractivity contribution is 6.01. The summed E-state index contributed by atoms with van der Waals surface area (Å²) in [5.74, 6) is 0.866. The number of benzene rings is 2. The molecule has 0 bridgehead atoms. The highest BCUT2D eigenvalue weighted by Gasteiger charge is 2.18. The summed E-state index contributed by atoms with van der Waals surface area (Å²) in [6.45, 7) is 3.83. The number of aromatic nitrogens is 2. The molecular formula is C22H24FN3O3. The first-order valence-corrected chi connectivity index (χ1v) is 9.36. The zero-order valence-corrected chi connectivity index (χ0v) is 17.0. The van der Waals surface area contributed by atoms with E-state index < -0.39 is 0 Å². The molecule has 6 nitrogen and oxygen atoms in total. The maximum atomic E-state index is 13.3. The molecule has 0 atom stereocenters. The molecule has 29 heavy (non-hydrogen) atoms. The maximum absolute atomic E-state index is 13.3. The molecule has 0 radical (unpaired) electrons. The third-order valence-corrected chi connectivity index (χ3v) is 4.59. The van der Waals surface area contributed by atoms with Gasteiger partial charge in [0.05, 0.1) is 31.2 Å². The van der Waals surface area contributed by atoms with Crippen molar-refractivity contribution in [3.05, 3.63) is 69.9 Å². The molecule has 0 aliphatic heterocycles. The number of aliphatic imine (C=N–C) groups is 1. The van der Waals surface area contributed by atoms with Crippen LogP contribution in [0.15, 0.2) is 52.3 Å². The van der Waals surface area contributed by atoms with E-state index in [1.54, 1.807) is 51.5 Å². The minimum absolute atomic E-state index is 0.233. The fraction of sp³-hybridized carbons (Fsp3) is 0.273. The molecule has 0 aliphatic rings. The van der Waals surface area contributed by atoms with Gasteiger partial charge in [-0.15, -0.1) is 0 Å². The Hall–Kier alpha value is -3.35. The summed E-state index contributed by atoms with van der Waals surface area (Å²) in [4.78, 5) is 17.8. The van der Waals surface area contributed by atoms with E-state index in [1.165, 1.54) is 16.8 Å². The van der Waals surface area contributed by atoms with Gasteiger partial charge in [-0.05, 0) is 49.7 Å². The van der Waals surface area contributed by atoms with Crippen LogP contribution in [0.2, 0.25) is 0 Å². The summed E-state index contributed by atoms with van der Waals surface area (Å²) in [5.41, 5.74) is 2.74. The van der Waals surface area contributed by atoms with Gasteiger partial charge < -0.3 is 9.47 Å². The minimum Gasteiger partial charge on any atom is -0.497 e. The molecule has 0 fully saturated rings. The average molecular weight is 397 g/mol. The second-order valence-electron chi connectivity index (χ2n) is 6.57. The van der Waals surface area contributed by atoms with Gasteiger partial charge in [0.1, 0.15) is 23.0 Å². The van der Waals surface area contributed by atoms with Crippen LogP contribution in [0.5, 0.6) is 11.5 Å². The Morgan fingerprint density at radius 3 is 2.48 bits per heavy atom. The van der Waals surface area contributed by atoms with Gasteiger partial charge in [0.15, 0.2) is 0 Å². The summed E-state index contributed by atoms with van der Waals surface area (Å²) in [6.07, 6.45) is 1.53. The van der Waals surface area contributed by atoms with Crippen LogP contribution in [0.1, 0.15) is 31.5 Å². The van der Waals surface area contributed by atoms with E-state index in [4.69, 9.17) is 9.47 Å². The van der Waals surface area contributed by atoms with Crippen molar-refractivity contribution in [3.8, 4) is 17.2 Å². The fourth-order valence-corrected chi connectivity index (χ4v) is 3.18. The smallest absolute Gasteiger partial charge is 0.280 e. The first-order valence-electron chi connectivity index (χ1n) is 9.36. The van der Waals surface area contributed by atoms with Crippen molar-refractivity contribution in [3.63, 3.8) is 0 Å². The summed E-state index contributed by atoms with van der Waals surface area (Å²) in [7, 11) is 3.14. The third kappa shape index (κ3) is 4.23. The number of aromatic amines is 1. The van der Waals surface area contributed by atoms with Gasteiger partial charge in [-0.1, -0.05) is 13.3 Å². The van der Waals surface area contributed by atoms with Crippen molar-refractivity contribution in [2.24, 2.45) is 4.99 Å². The van der Waals surface area contributed by atoms with Gasteiger partial charge in [0.25, 0.3) is 5.56 Å². The van der Waals surface area contributed by atoms with Crippen LogP contribution >= 0.6 is 0 Å². The fourth-order valence-electron chi connectivity index (χ4n) is 3.18. The van der Waals surface area contributed by atoms with Crippen molar-refractivity contribution >= 4 is 11.4 Å². The quantitative estimate of drug-likeness (QED) is 0.600. The van der Waals surface area contributed by atoms with Crippen LogP contribution in [0.4, 0.5) is 10.1 Å². The number of ether oxygens (including phenoxy) is 2. The molecule has 0 saturated carbocycles. The van der Waals surface area contributed by atoms with E-state index in [0.717, 1.165) is 12.1 Å². The number of halogens is 1. The van der Waals surface area contributed by atoms with Crippen molar-refractivity contribution in [1.29, 1.82) is 0 Å². The predicted octanol–water partition coefficient (Wildman–Crippen LogP) is 4.42. The first kappa shape index (κ1) is 20.4. The summed E-state index contributed by atoms with van der Waals surface area (Å²) in [5, 5.41) is 3.15. The molecular weight excluding hydrogens is 373 g/mol. The number of nitrogens with one attached hydrogen (secondary N) is 1. The van der Waals surface area contributed by atoms with E-state index in [0.29, 0.717) is 40.6 Å². The number of methoxy groups -OCH3 is 2. The molecule has 3 aromatic rings. The van der Waals surface area contributed by atoms with Crippen LogP contribution in [0.25, 0.3) is 5.69 Å². The highest BCUT2D eigenvalue weighted by Crippen LogP contribution is 2.32. The SMILES string of the molecule is CCCc1[nH]n(-c2ccc(F)cc2)c(=O)c1C(C)=Nc1cc(OC)ccc1OC. The van der Waals surface area contributed by atoms with Crippen molar-refractivity contribution in [1.82, 2.24) is 9.78 Å². The van der Waals surface area contributed by atoms with E-state index in [9.17, 15) is 9.18 Å². The van der Waals surface area contributed by atoms with Gasteiger partial charge >= 0.3 is 0 Å². The van der Waals surface area contributed by atoms with Gasteiger partial charge in [0, 0.05) is 11.8 Å². The molecule has 3 rings (SSSR count). The Morgan fingerprint density at radius 1 is 1.14 bits per heavy atom. The lowest BCUT2D eigenvalue weighted by molar-refractivity contribution is 0.404. The van der Waals surface area contributed by atoms with E-state index in [2.05, 4.69) is 10.1 Å². The van der Waals surface area contributed by atoms with Gasteiger partial charge in [-0.25, -0.2) is 14.1 Å². The molecule has 0 amide bonds. The van der Waals surface area contributed by atoms with Crippen LogP contribution in [-0.2, 0) is 6.42 Å². The lowest BCUT2D eigenvalue weighted by Gasteiger charge is -2.08. The van der Waals surface area contributed by atoms with Gasteiger partial charge in [0.2, 0.25) is 0 Å². The van der Waals surface area contributed by atoms with E-state index >= 15 is 0 Å². The van der Waals surface area contributed by atoms with Crippen molar-refractivity contribution < 1.29 is 13.9 Å².